The molecule has 1 aromatic carbocycles. The number of hydrogen-bond donors (Lipinski definition) is 0. The number of benzene rings is 1. The first-order valence-corrected chi connectivity index (χ1v) is 6.97. The van der Waals surface area contributed by atoms with Crippen LogP contribution in [-0.2, 0) is 0 Å². The zero-order valence-corrected chi connectivity index (χ0v) is 9.58. The molecular weight excluding hydrogens is 280 g/mol. The van der Waals surface area contributed by atoms with Gasteiger partial charge in [-0.25, -0.2) is 0 Å². The number of thiophene rings is 1. The van der Waals surface area contributed by atoms with E-state index >= 15 is 0 Å². The van der Waals surface area contributed by atoms with Crippen molar-refractivity contribution in [1.82, 2.24) is 0 Å². The Hall–Kier alpha value is -0.290. The van der Waals surface area contributed by atoms with Gasteiger partial charge in [0, 0.05) is 0 Å². The third-order valence-electron chi connectivity index (χ3n) is 1.47. The van der Waals surface area contributed by atoms with Crippen LogP contribution >= 0.6 is 11.3 Å². The molecule has 0 bridgehead atoms. The zero-order valence-electron chi connectivity index (χ0n) is 6.44. The van der Waals surface area contributed by atoms with Crippen LogP contribution in [0, 0.1) is 0 Å². The van der Waals surface area contributed by atoms with Gasteiger partial charge in [0.2, 0.25) is 0 Å². The van der Waals surface area contributed by atoms with Gasteiger partial charge in [0.1, 0.15) is 0 Å². The zero-order chi connectivity index (χ0) is 8.23. The minimum absolute atomic E-state index is 0.102. The van der Waals surface area contributed by atoms with Gasteiger partial charge in [-0.05, 0) is 0 Å². The van der Waals surface area contributed by atoms with Gasteiger partial charge in [0.25, 0.3) is 0 Å². The maximum absolute atomic E-state index is 2.26. The van der Waals surface area contributed by atoms with Crippen LogP contribution in [0.15, 0.2) is 47.2 Å². The van der Waals surface area contributed by atoms with Crippen LogP contribution in [0.5, 0.6) is 0 Å². The molecule has 0 aliphatic heterocycles. The van der Waals surface area contributed by atoms with Crippen molar-refractivity contribution in [2.24, 2.45) is 0 Å². The molecule has 0 fully saturated rings. The molecule has 0 unspecified atom stereocenters. The van der Waals surface area contributed by atoms with Gasteiger partial charge >= 0.3 is 86.6 Å². The van der Waals surface area contributed by atoms with E-state index in [9.17, 15) is 0 Å². The van der Waals surface area contributed by atoms with Crippen molar-refractivity contribution in [2.75, 3.05) is 0 Å². The van der Waals surface area contributed by atoms with Crippen molar-refractivity contribution in [2.45, 2.75) is 0 Å². The third-order valence-corrected chi connectivity index (χ3v) is 5.47. The molecule has 2 rings (SSSR count). The second kappa shape index (κ2) is 4.09. The van der Waals surface area contributed by atoms with Crippen LogP contribution < -0.4 is 7.22 Å². The normalized spacial score (nSPS) is 10.0. The van der Waals surface area contributed by atoms with E-state index in [2.05, 4.69) is 47.2 Å². The van der Waals surface area contributed by atoms with Crippen LogP contribution in [0.1, 0.15) is 0 Å². The minimum atomic E-state index is -0.102. The van der Waals surface area contributed by atoms with E-state index in [4.69, 9.17) is 0 Å². The maximum atomic E-state index is 2.26. The standard InChI is InChI=1S/C10H8STe/c1-2-4-9(5-3-1)12-10-6-7-11-8-10/h1-8H. The Morgan fingerprint density at radius 1 is 0.917 bits per heavy atom. The van der Waals surface area contributed by atoms with Crippen LogP contribution in [0.4, 0.5) is 0 Å². The molecule has 0 saturated carbocycles. The molecule has 0 amide bonds. The Balaban J connectivity index is 2.15. The Labute approximate surface area is 86.3 Å². The van der Waals surface area contributed by atoms with Gasteiger partial charge in [-0.2, -0.15) is 0 Å². The van der Waals surface area contributed by atoms with Gasteiger partial charge in [-0.15, -0.1) is 0 Å². The monoisotopic (exact) mass is 290 g/mol. The topological polar surface area (TPSA) is 0 Å². The summed E-state index contributed by atoms with van der Waals surface area (Å²) in [5, 5.41) is 4.41. The van der Waals surface area contributed by atoms with Crippen LogP contribution in [0.3, 0.4) is 0 Å². The van der Waals surface area contributed by atoms with Crippen molar-refractivity contribution in [3.63, 3.8) is 0 Å². The second-order valence-electron chi connectivity index (χ2n) is 2.37. The summed E-state index contributed by atoms with van der Waals surface area (Å²) in [7, 11) is 0. The fourth-order valence-electron chi connectivity index (χ4n) is 0.935. The molecule has 0 aliphatic carbocycles. The number of hydrogen-bond acceptors (Lipinski definition) is 1. The predicted octanol–water partition coefficient (Wildman–Crippen LogP) is 1.40. The third kappa shape index (κ3) is 2.10. The molecule has 2 aromatic rings. The summed E-state index contributed by atoms with van der Waals surface area (Å²) in [6.07, 6.45) is 0. The van der Waals surface area contributed by atoms with Gasteiger partial charge in [-0.3, -0.25) is 0 Å². The average molecular weight is 288 g/mol. The van der Waals surface area contributed by atoms with E-state index < -0.39 is 0 Å². The van der Waals surface area contributed by atoms with Crippen LogP contribution in [0.2, 0.25) is 0 Å². The molecule has 1 aromatic heterocycles. The first-order chi connectivity index (χ1) is 5.95. The molecule has 2 heteroatoms. The quantitative estimate of drug-likeness (QED) is 0.733. The van der Waals surface area contributed by atoms with Crippen molar-refractivity contribution in [1.29, 1.82) is 0 Å². The SMILES string of the molecule is c1ccc([Te]c2ccsc2)cc1. The van der Waals surface area contributed by atoms with E-state index in [1.165, 1.54) is 7.22 Å². The molecule has 0 spiro atoms. The summed E-state index contributed by atoms with van der Waals surface area (Å²) >= 11 is 1.69. The molecule has 1 heterocycles. The molecule has 0 nitrogen and oxygen atoms in total. The van der Waals surface area contributed by atoms with Gasteiger partial charge in [-0.1, -0.05) is 0 Å². The van der Waals surface area contributed by atoms with E-state index in [-0.39, 0.29) is 20.9 Å². The van der Waals surface area contributed by atoms with E-state index in [1.54, 1.807) is 11.3 Å². The Bertz CT molecular complexity index is 326. The summed E-state index contributed by atoms with van der Waals surface area (Å²) in [6, 6.07) is 13.0. The van der Waals surface area contributed by atoms with Gasteiger partial charge < -0.3 is 0 Å². The summed E-state index contributed by atoms with van der Waals surface area (Å²) in [4.78, 5) is 0. The van der Waals surface area contributed by atoms with Crippen molar-refractivity contribution < 1.29 is 0 Å². The van der Waals surface area contributed by atoms with Crippen molar-refractivity contribution in [3.05, 3.63) is 47.2 Å². The molecule has 0 saturated heterocycles. The summed E-state index contributed by atoms with van der Waals surface area (Å²) in [5.41, 5.74) is 0. The first kappa shape index (κ1) is 8.31. The molecule has 60 valence electrons. The summed E-state index contributed by atoms with van der Waals surface area (Å²) in [6.45, 7) is 0. The molecule has 12 heavy (non-hydrogen) atoms. The summed E-state index contributed by atoms with van der Waals surface area (Å²) in [5.74, 6) is 0. The van der Waals surface area contributed by atoms with E-state index in [1.807, 2.05) is 0 Å². The van der Waals surface area contributed by atoms with Crippen molar-refractivity contribution in [3.8, 4) is 0 Å². The Morgan fingerprint density at radius 3 is 2.42 bits per heavy atom. The summed E-state index contributed by atoms with van der Waals surface area (Å²) < 4.78 is 3.05. The fourth-order valence-corrected chi connectivity index (χ4v) is 4.66. The molecular formula is C10H8STe. The van der Waals surface area contributed by atoms with Gasteiger partial charge in [0.05, 0.1) is 0 Å². The van der Waals surface area contributed by atoms with E-state index in [0.717, 1.165) is 0 Å². The van der Waals surface area contributed by atoms with Crippen molar-refractivity contribution >= 4 is 39.5 Å². The predicted molar refractivity (Wildman–Crippen MR) is 55.8 cm³/mol. The average Bonchev–Trinajstić information content (AvgIpc) is 2.59. The second-order valence-corrected chi connectivity index (χ2v) is 6.43. The Morgan fingerprint density at radius 2 is 1.75 bits per heavy atom. The number of rotatable bonds is 2. The molecule has 0 aliphatic rings. The molecule has 0 atom stereocenters. The fraction of sp³-hybridized carbons (Fsp3) is 0. The van der Waals surface area contributed by atoms with E-state index in [0.29, 0.717) is 0 Å². The molecule has 0 N–H and O–H groups in total. The van der Waals surface area contributed by atoms with Crippen LogP contribution in [0.25, 0.3) is 0 Å². The first-order valence-electron chi connectivity index (χ1n) is 3.70. The Kier molecular flexibility index (Phi) is 2.83. The molecule has 0 radical (unpaired) electrons. The van der Waals surface area contributed by atoms with Gasteiger partial charge in [0.15, 0.2) is 0 Å². The van der Waals surface area contributed by atoms with Crippen LogP contribution in [-0.4, -0.2) is 20.9 Å².